The molecule has 0 heterocycles. The third kappa shape index (κ3) is 9.84. The van der Waals surface area contributed by atoms with Crippen molar-refractivity contribution >= 4 is 5.97 Å². The van der Waals surface area contributed by atoms with Gasteiger partial charge in [0.2, 0.25) is 0 Å². The zero-order chi connectivity index (χ0) is 16.1. The van der Waals surface area contributed by atoms with Crippen molar-refractivity contribution in [3.63, 3.8) is 0 Å². The van der Waals surface area contributed by atoms with E-state index >= 15 is 0 Å². The molecule has 0 fully saturated rings. The summed E-state index contributed by atoms with van der Waals surface area (Å²) >= 11 is 0. The quantitative estimate of drug-likeness (QED) is 0.432. The number of benzene rings is 1. The number of phenols is 1. The van der Waals surface area contributed by atoms with Gasteiger partial charge in [-0.15, -0.1) is 5.21 Å². The molecule has 119 valence electrons. The summed E-state index contributed by atoms with van der Waals surface area (Å²) in [6, 6.07) is 5.93. The number of hydrogen-bond acceptors (Lipinski definition) is 4. The molecule has 1 aromatic carbocycles. The number of hydrogen-bond donors (Lipinski definition) is 4. The molecule has 0 aliphatic rings. The summed E-state index contributed by atoms with van der Waals surface area (Å²) in [7, 11) is 1.61. The fourth-order valence-corrected chi connectivity index (χ4v) is 1.63. The van der Waals surface area contributed by atoms with E-state index in [1.807, 2.05) is 5.48 Å². The van der Waals surface area contributed by atoms with Gasteiger partial charge in [0.25, 0.3) is 0 Å². The van der Waals surface area contributed by atoms with Crippen LogP contribution in [0.4, 0.5) is 0 Å². The highest BCUT2D eigenvalue weighted by atomic mass is 16.5. The number of rotatable bonds is 8. The van der Waals surface area contributed by atoms with Gasteiger partial charge >= 0.3 is 5.97 Å². The van der Waals surface area contributed by atoms with E-state index in [1.54, 1.807) is 31.3 Å². The first-order valence-corrected chi connectivity index (χ1v) is 7.08. The number of carboxylic acids is 1. The molecule has 4 N–H and O–H groups in total. The Balaban J connectivity index is 0.000000486. The van der Waals surface area contributed by atoms with Crippen LogP contribution in [0.15, 0.2) is 24.3 Å². The fraction of sp³-hybridized carbons (Fsp3) is 0.533. The minimum absolute atomic E-state index is 0.185. The number of phenolic OH excluding ortho intramolecular Hbond substituents is 1. The Bertz CT molecular complexity index is 378. The van der Waals surface area contributed by atoms with Crippen molar-refractivity contribution in [1.29, 1.82) is 0 Å². The molecule has 6 nitrogen and oxygen atoms in total. The molecule has 0 spiro atoms. The highest BCUT2D eigenvalue weighted by Crippen LogP contribution is 2.11. The topological polar surface area (TPSA) is 101 Å². The first-order valence-electron chi connectivity index (χ1n) is 7.08. The number of carboxylic acid groups (broad SMARTS) is 1. The van der Waals surface area contributed by atoms with Crippen molar-refractivity contribution in [2.24, 2.45) is 0 Å². The number of likely N-dealkylation sites (N-methyl/N-ethyl adjacent to an activating group) is 1. The Hall–Kier alpha value is -1.63. The van der Waals surface area contributed by atoms with E-state index in [1.165, 1.54) is 6.42 Å². The first-order chi connectivity index (χ1) is 10.0. The normalized spacial score (nSPS) is 11.4. The molecule has 1 unspecified atom stereocenters. The Morgan fingerprint density at radius 1 is 1.24 bits per heavy atom. The molecule has 1 aromatic rings. The standard InChI is InChI=1S/C10H13NO3.C5H12NO/c1-11-9(10(13)14)6-7-2-4-8(12)5-3-7;1-2-3-4-5-6-7/h2-5,9,11-12H,6H2,1H3,(H,13,14);6H,2-5H2,1H3. The zero-order valence-corrected chi connectivity index (χ0v) is 12.6. The monoisotopic (exact) mass is 297 g/mol. The maximum absolute atomic E-state index is 10.7. The van der Waals surface area contributed by atoms with Gasteiger partial charge in [-0.05, 0) is 37.6 Å². The van der Waals surface area contributed by atoms with Gasteiger partial charge in [0.15, 0.2) is 0 Å². The van der Waals surface area contributed by atoms with E-state index < -0.39 is 12.0 Å². The molecule has 21 heavy (non-hydrogen) atoms. The summed E-state index contributed by atoms with van der Waals surface area (Å²) in [5, 5.41) is 30.1. The second kappa shape index (κ2) is 12.1. The number of hydroxylamine groups is 1. The van der Waals surface area contributed by atoms with Crippen LogP contribution in [-0.4, -0.2) is 35.8 Å². The summed E-state index contributed by atoms with van der Waals surface area (Å²) in [6.07, 6.45) is 3.77. The predicted molar refractivity (Wildman–Crippen MR) is 80.5 cm³/mol. The molecule has 0 aliphatic heterocycles. The average molecular weight is 297 g/mol. The van der Waals surface area contributed by atoms with Gasteiger partial charge in [0.1, 0.15) is 11.8 Å². The number of aromatic hydroxyl groups is 1. The van der Waals surface area contributed by atoms with Gasteiger partial charge in [-0.25, -0.2) is 0 Å². The van der Waals surface area contributed by atoms with Crippen molar-refractivity contribution < 1.29 is 20.2 Å². The Labute approximate surface area is 125 Å². The van der Waals surface area contributed by atoms with Crippen LogP contribution in [0, 0.1) is 0 Å². The van der Waals surface area contributed by atoms with Crippen LogP contribution in [-0.2, 0) is 16.4 Å². The highest BCUT2D eigenvalue weighted by molar-refractivity contribution is 5.73. The largest absolute Gasteiger partial charge is 0.508 e. The van der Waals surface area contributed by atoms with Crippen LogP contribution < -0.4 is 10.8 Å². The van der Waals surface area contributed by atoms with Gasteiger partial charge < -0.3 is 15.5 Å². The molecule has 0 aromatic heterocycles. The summed E-state index contributed by atoms with van der Waals surface area (Å²) in [5.41, 5.74) is 2.73. The molecule has 0 amide bonds. The molecular formula is C15H25N2O4. The minimum atomic E-state index is -0.874. The second-order valence-electron chi connectivity index (χ2n) is 4.65. The number of nitrogens with one attached hydrogen (secondary N) is 2. The van der Waals surface area contributed by atoms with E-state index in [0.29, 0.717) is 13.0 Å². The van der Waals surface area contributed by atoms with Crippen LogP contribution in [0.5, 0.6) is 5.75 Å². The molecular weight excluding hydrogens is 272 g/mol. The van der Waals surface area contributed by atoms with E-state index in [4.69, 9.17) is 10.2 Å². The van der Waals surface area contributed by atoms with Crippen LogP contribution in [0.1, 0.15) is 31.7 Å². The second-order valence-corrected chi connectivity index (χ2v) is 4.65. The van der Waals surface area contributed by atoms with Crippen LogP contribution >= 0.6 is 0 Å². The van der Waals surface area contributed by atoms with Crippen molar-refractivity contribution in [2.45, 2.75) is 38.6 Å². The van der Waals surface area contributed by atoms with Gasteiger partial charge in [0, 0.05) is 6.54 Å². The summed E-state index contributed by atoms with van der Waals surface area (Å²) < 4.78 is 0. The molecule has 1 radical (unpaired) electrons. The van der Waals surface area contributed by atoms with E-state index in [2.05, 4.69) is 12.2 Å². The highest BCUT2D eigenvalue weighted by Gasteiger charge is 2.14. The van der Waals surface area contributed by atoms with E-state index in [0.717, 1.165) is 18.4 Å². The SMILES string of the molecule is CCCCCN[O].CNC(Cc1ccc(O)cc1)C(=O)O. The number of unbranched alkanes of at least 4 members (excludes halogenated alkanes) is 2. The molecule has 1 rings (SSSR count). The summed E-state index contributed by atoms with van der Waals surface area (Å²) in [5.74, 6) is -0.689. The van der Waals surface area contributed by atoms with Crippen molar-refractivity contribution in [2.75, 3.05) is 13.6 Å². The predicted octanol–water partition coefficient (Wildman–Crippen LogP) is 1.72. The lowest BCUT2D eigenvalue weighted by molar-refractivity contribution is -0.139. The first kappa shape index (κ1) is 19.4. The molecule has 6 heteroatoms. The maximum Gasteiger partial charge on any atom is 0.321 e. The lowest BCUT2D eigenvalue weighted by Crippen LogP contribution is -2.35. The Kier molecular flexibility index (Phi) is 11.2. The van der Waals surface area contributed by atoms with Gasteiger partial charge in [-0.3, -0.25) is 4.79 Å². The molecule has 0 bridgehead atoms. The van der Waals surface area contributed by atoms with E-state index in [9.17, 15) is 10.0 Å². The van der Waals surface area contributed by atoms with Crippen LogP contribution in [0.3, 0.4) is 0 Å². The Morgan fingerprint density at radius 3 is 2.29 bits per heavy atom. The van der Waals surface area contributed by atoms with Crippen molar-refractivity contribution in [1.82, 2.24) is 10.8 Å². The Morgan fingerprint density at radius 2 is 1.86 bits per heavy atom. The fourth-order valence-electron chi connectivity index (χ4n) is 1.63. The summed E-state index contributed by atoms with van der Waals surface area (Å²) in [4.78, 5) is 10.7. The summed E-state index contributed by atoms with van der Waals surface area (Å²) in [6.45, 7) is 2.73. The third-order valence-electron chi connectivity index (χ3n) is 2.91. The molecule has 0 aliphatic carbocycles. The lowest BCUT2D eigenvalue weighted by Gasteiger charge is -2.10. The molecule has 0 saturated carbocycles. The number of aliphatic carboxylic acids is 1. The number of carbonyl (C=O) groups is 1. The van der Waals surface area contributed by atoms with Crippen LogP contribution in [0.25, 0.3) is 0 Å². The van der Waals surface area contributed by atoms with Gasteiger partial charge in [-0.2, -0.15) is 5.48 Å². The smallest absolute Gasteiger partial charge is 0.321 e. The maximum atomic E-state index is 10.7. The van der Waals surface area contributed by atoms with Gasteiger partial charge in [-0.1, -0.05) is 31.9 Å². The van der Waals surface area contributed by atoms with Crippen molar-refractivity contribution in [3.8, 4) is 5.75 Å². The minimum Gasteiger partial charge on any atom is -0.508 e. The average Bonchev–Trinajstić information content (AvgIpc) is 2.47. The van der Waals surface area contributed by atoms with Gasteiger partial charge in [0.05, 0.1) is 0 Å². The van der Waals surface area contributed by atoms with Crippen LogP contribution in [0.2, 0.25) is 0 Å². The van der Waals surface area contributed by atoms with Crippen molar-refractivity contribution in [3.05, 3.63) is 29.8 Å². The van der Waals surface area contributed by atoms with E-state index in [-0.39, 0.29) is 5.75 Å². The molecule has 1 atom stereocenters. The molecule has 0 saturated heterocycles. The zero-order valence-electron chi connectivity index (χ0n) is 12.6. The lowest BCUT2D eigenvalue weighted by atomic mass is 10.1. The third-order valence-corrected chi connectivity index (χ3v) is 2.91.